The summed E-state index contributed by atoms with van der Waals surface area (Å²) >= 11 is 5.41. The highest BCUT2D eigenvalue weighted by Crippen LogP contribution is 2.27. The molecule has 1 unspecified atom stereocenters. The summed E-state index contributed by atoms with van der Waals surface area (Å²) in [6.07, 6.45) is 4.84. The van der Waals surface area contributed by atoms with E-state index < -0.39 is 0 Å². The Balaban J connectivity index is 1.68. The predicted octanol–water partition coefficient (Wildman–Crippen LogP) is 3.99. The standard InChI is InChI=1S/C15H21BrN4S/c1-10(17-9-12-8-13(16)11(2)21-12)15-19-18-14-6-4-3-5-7-20(14)15/h8,10,17H,3-7,9H2,1-2H3. The summed E-state index contributed by atoms with van der Waals surface area (Å²) in [6, 6.07) is 2.43. The molecule has 2 aromatic heterocycles. The molecule has 1 aliphatic heterocycles. The molecule has 0 bridgehead atoms. The van der Waals surface area contributed by atoms with Crippen LogP contribution in [-0.2, 0) is 19.5 Å². The molecule has 0 saturated carbocycles. The summed E-state index contributed by atoms with van der Waals surface area (Å²) in [5, 5.41) is 12.4. The molecule has 0 aromatic carbocycles. The van der Waals surface area contributed by atoms with Gasteiger partial charge in [-0.15, -0.1) is 21.5 Å². The minimum absolute atomic E-state index is 0.227. The van der Waals surface area contributed by atoms with Crippen molar-refractivity contribution in [2.75, 3.05) is 0 Å². The lowest BCUT2D eigenvalue weighted by molar-refractivity contribution is 0.504. The lowest BCUT2D eigenvalue weighted by atomic mass is 10.2. The maximum absolute atomic E-state index is 4.42. The van der Waals surface area contributed by atoms with Crippen LogP contribution >= 0.6 is 27.3 Å². The van der Waals surface area contributed by atoms with Gasteiger partial charge >= 0.3 is 0 Å². The molecule has 6 heteroatoms. The van der Waals surface area contributed by atoms with Crippen LogP contribution in [-0.4, -0.2) is 14.8 Å². The van der Waals surface area contributed by atoms with Crippen LogP contribution in [0.4, 0.5) is 0 Å². The van der Waals surface area contributed by atoms with Crippen LogP contribution in [0.1, 0.15) is 53.6 Å². The van der Waals surface area contributed by atoms with Crippen LogP contribution in [0.2, 0.25) is 0 Å². The average molecular weight is 369 g/mol. The Bertz CT molecular complexity index is 600. The fourth-order valence-electron chi connectivity index (χ4n) is 2.78. The van der Waals surface area contributed by atoms with E-state index in [1.165, 1.54) is 33.5 Å². The second-order valence-corrected chi connectivity index (χ2v) is 7.85. The van der Waals surface area contributed by atoms with Gasteiger partial charge in [0.25, 0.3) is 0 Å². The van der Waals surface area contributed by atoms with Gasteiger partial charge in [-0.2, -0.15) is 0 Å². The normalized spacial score (nSPS) is 16.5. The Kier molecular flexibility index (Phi) is 4.76. The number of aromatic nitrogens is 3. The number of hydrogen-bond donors (Lipinski definition) is 1. The Hall–Kier alpha value is -0.720. The summed E-state index contributed by atoms with van der Waals surface area (Å²) in [5.74, 6) is 2.24. The topological polar surface area (TPSA) is 42.7 Å². The molecule has 0 fully saturated rings. The maximum atomic E-state index is 4.42. The van der Waals surface area contributed by atoms with Gasteiger partial charge in [-0.05, 0) is 48.7 Å². The van der Waals surface area contributed by atoms with E-state index in [1.54, 1.807) is 0 Å². The van der Waals surface area contributed by atoms with Crippen molar-refractivity contribution in [2.24, 2.45) is 0 Å². The zero-order chi connectivity index (χ0) is 14.8. The van der Waals surface area contributed by atoms with Gasteiger partial charge < -0.3 is 9.88 Å². The van der Waals surface area contributed by atoms with E-state index in [1.807, 2.05) is 11.3 Å². The maximum Gasteiger partial charge on any atom is 0.149 e. The number of nitrogens with zero attached hydrogens (tertiary/aromatic N) is 3. The zero-order valence-corrected chi connectivity index (χ0v) is 14.9. The molecular formula is C15H21BrN4S. The molecule has 114 valence electrons. The second-order valence-electron chi connectivity index (χ2n) is 5.66. The highest BCUT2D eigenvalue weighted by atomic mass is 79.9. The summed E-state index contributed by atoms with van der Waals surface area (Å²) in [5.41, 5.74) is 0. The van der Waals surface area contributed by atoms with Crippen molar-refractivity contribution in [3.63, 3.8) is 0 Å². The van der Waals surface area contributed by atoms with Crippen LogP contribution in [0.5, 0.6) is 0 Å². The molecule has 4 nitrogen and oxygen atoms in total. The second kappa shape index (κ2) is 6.58. The van der Waals surface area contributed by atoms with Crippen molar-refractivity contribution in [3.05, 3.63) is 31.9 Å². The van der Waals surface area contributed by atoms with Crippen LogP contribution in [0.25, 0.3) is 0 Å². The highest BCUT2D eigenvalue weighted by Gasteiger charge is 2.19. The monoisotopic (exact) mass is 368 g/mol. The molecular weight excluding hydrogens is 348 g/mol. The van der Waals surface area contributed by atoms with Crippen molar-refractivity contribution in [2.45, 2.75) is 58.7 Å². The molecule has 0 saturated heterocycles. The molecule has 1 aliphatic rings. The Morgan fingerprint density at radius 3 is 3.00 bits per heavy atom. The van der Waals surface area contributed by atoms with E-state index in [4.69, 9.17) is 0 Å². The van der Waals surface area contributed by atoms with Gasteiger partial charge in [0.05, 0.1) is 6.04 Å². The van der Waals surface area contributed by atoms with Gasteiger partial charge in [0.2, 0.25) is 0 Å². The molecule has 3 heterocycles. The number of fused-ring (bicyclic) bond motifs is 1. The lowest BCUT2D eigenvalue weighted by Crippen LogP contribution is -2.22. The quantitative estimate of drug-likeness (QED) is 0.886. The molecule has 0 aliphatic carbocycles. The number of halogens is 1. The van der Waals surface area contributed by atoms with Gasteiger partial charge in [-0.25, -0.2) is 0 Å². The molecule has 0 amide bonds. The summed E-state index contributed by atoms with van der Waals surface area (Å²) in [6.45, 7) is 6.26. The van der Waals surface area contributed by atoms with Crippen LogP contribution < -0.4 is 5.32 Å². The molecule has 0 radical (unpaired) electrons. The Morgan fingerprint density at radius 2 is 2.24 bits per heavy atom. The number of thiophene rings is 1. The van der Waals surface area contributed by atoms with Crippen molar-refractivity contribution in [1.29, 1.82) is 0 Å². The number of aryl methyl sites for hydroxylation is 2. The first-order valence-electron chi connectivity index (χ1n) is 7.55. The lowest BCUT2D eigenvalue weighted by Gasteiger charge is -2.14. The fraction of sp³-hybridized carbons (Fsp3) is 0.600. The third-order valence-corrected chi connectivity index (χ3v) is 6.15. The van der Waals surface area contributed by atoms with Gasteiger partial charge in [0.1, 0.15) is 11.6 Å². The molecule has 1 N–H and O–H groups in total. The minimum Gasteiger partial charge on any atom is -0.314 e. The van der Waals surface area contributed by atoms with E-state index in [0.717, 1.165) is 31.2 Å². The summed E-state index contributed by atoms with van der Waals surface area (Å²) in [7, 11) is 0. The average Bonchev–Trinajstić information content (AvgIpc) is 2.92. The van der Waals surface area contributed by atoms with E-state index >= 15 is 0 Å². The first-order valence-corrected chi connectivity index (χ1v) is 9.16. The van der Waals surface area contributed by atoms with Crippen molar-refractivity contribution in [3.8, 4) is 0 Å². The van der Waals surface area contributed by atoms with Gasteiger partial charge in [0.15, 0.2) is 0 Å². The Morgan fingerprint density at radius 1 is 1.38 bits per heavy atom. The van der Waals surface area contributed by atoms with Crippen molar-refractivity contribution >= 4 is 27.3 Å². The third-order valence-electron chi connectivity index (χ3n) is 4.02. The summed E-state index contributed by atoms with van der Waals surface area (Å²) < 4.78 is 3.52. The molecule has 2 aromatic rings. The molecule has 0 spiro atoms. The van der Waals surface area contributed by atoms with E-state index in [9.17, 15) is 0 Å². The summed E-state index contributed by atoms with van der Waals surface area (Å²) in [4.78, 5) is 2.68. The first kappa shape index (κ1) is 15.2. The number of hydrogen-bond acceptors (Lipinski definition) is 4. The minimum atomic E-state index is 0.227. The van der Waals surface area contributed by atoms with Gasteiger partial charge in [0, 0.05) is 33.7 Å². The zero-order valence-electron chi connectivity index (χ0n) is 12.5. The third kappa shape index (κ3) is 3.38. The van der Waals surface area contributed by atoms with Crippen LogP contribution in [0.3, 0.4) is 0 Å². The van der Waals surface area contributed by atoms with E-state index in [-0.39, 0.29) is 6.04 Å². The van der Waals surface area contributed by atoms with E-state index in [2.05, 4.69) is 55.9 Å². The van der Waals surface area contributed by atoms with Gasteiger partial charge in [-0.1, -0.05) is 6.42 Å². The van der Waals surface area contributed by atoms with E-state index in [0.29, 0.717) is 0 Å². The fourth-order valence-corrected chi connectivity index (χ4v) is 4.33. The van der Waals surface area contributed by atoms with Crippen molar-refractivity contribution in [1.82, 2.24) is 20.1 Å². The number of nitrogens with one attached hydrogen (secondary N) is 1. The molecule has 3 rings (SSSR count). The van der Waals surface area contributed by atoms with Crippen LogP contribution in [0, 0.1) is 6.92 Å². The van der Waals surface area contributed by atoms with Gasteiger partial charge in [-0.3, -0.25) is 0 Å². The molecule has 1 atom stereocenters. The van der Waals surface area contributed by atoms with Crippen molar-refractivity contribution < 1.29 is 0 Å². The SMILES string of the molecule is Cc1sc(CNC(C)c2nnc3n2CCCCC3)cc1Br. The smallest absolute Gasteiger partial charge is 0.149 e. The predicted molar refractivity (Wildman–Crippen MR) is 89.6 cm³/mol. The van der Waals surface area contributed by atoms with Crippen LogP contribution in [0.15, 0.2) is 10.5 Å². The largest absolute Gasteiger partial charge is 0.314 e. The Labute approximate surface area is 138 Å². The highest BCUT2D eigenvalue weighted by molar-refractivity contribution is 9.10. The first-order chi connectivity index (χ1) is 10.1. The number of rotatable bonds is 4. The molecule has 21 heavy (non-hydrogen) atoms.